The zero-order valence-corrected chi connectivity index (χ0v) is 23.4. The Balaban J connectivity index is 1.42. The number of fused-ring (bicyclic) bond motifs is 4. The van der Waals surface area contributed by atoms with E-state index in [4.69, 9.17) is 25.0 Å². The van der Waals surface area contributed by atoms with Crippen molar-refractivity contribution < 1.29 is 9.26 Å². The fourth-order valence-corrected chi connectivity index (χ4v) is 7.98. The molecule has 3 atom stereocenters. The van der Waals surface area contributed by atoms with Crippen LogP contribution in [0.3, 0.4) is 0 Å². The molecule has 200 valence electrons. The highest BCUT2D eigenvalue weighted by Crippen LogP contribution is 2.55. The molecule has 1 aliphatic heterocycles. The van der Waals surface area contributed by atoms with E-state index in [0.717, 1.165) is 74.2 Å². The summed E-state index contributed by atoms with van der Waals surface area (Å²) in [6, 6.07) is 4.65. The van der Waals surface area contributed by atoms with Crippen LogP contribution < -0.4 is 15.4 Å². The molecule has 3 aromatic rings. The van der Waals surface area contributed by atoms with Crippen molar-refractivity contribution in [2.24, 2.45) is 0 Å². The lowest BCUT2D eigenvalue weighted by molar-refractivity contribution is 0.117. The second-order valence-electron chi connectivity index (χ2n) is 11.2. The molecule has 10 heteroatoms. The molecular weight excluding hydrogens is 498 g/mol. The number of rotatable bonds is 5. The van der Waals surface area contributed by atoms with Gasteiger partial charge in [0, 0.05) is 36.6 Å². The van der Waals surface area contributed by atoms with Gasteiger partial charge in [0.2, 0.25) is 5.88 Å². The molecule has 3 aliphatic rings. The summed E-state index contributed by atoms with van der Waals surface area (Å²) < 4.78 is 12.6. The van der Waals surface area contributed by atoms with Crippen LogP contribution in [0.15, 0.2) is 10.6 Å². The minimum absolute atomic E-state index is 0.00358. The highest BCUT2D eigenvalue weighted by Gasteiger charge is 2.48. The summed E-state index contributed by atoms with van der Waals surface area (Å²) >= 11 is 1.55. The molecule has 0 saturated carbocycles. The Bertz CT molecular complexity index is 1400. The molecule has 1 spiro atoms. The van der Waals surface area contributed by atoms with E-state index in [1.807, 2.05) is 25.1 Å². The summed E-state index contributed by atoms with van der Waals surface area (Å²) in [5.41, 5.74) is 9.33. The van der Waals surface area contributed by atoms with Gasteiger partial charge in [-0.25, -0.2) is 4.98 Å². The first-order chi connectivity index (χ1) is 18.3. The van der Waals surface area contributed by atoms with E-state index in [1.54, 1.807) is 11.3 Å². The molecule has 0 aromatic carbocycles. The lowest BCUT2D eigenvalue weighted by Gasteiger charge is -2.39. The Morgan fingerprint density at radius 3 is 2.76 bits per heavy atom. The number of nitriles is 1. The molecule has 0 unspecified atom stereocenters. The number of nitrogens with zero attached hydrogens (tertiary/aromatic N) is 6. The minimum atomic E-state index is -0.369. The van der Waals surface area contributed by atoms with Gasteiger partial charge in [0.25, 0.3) is 0 Å². The van der Waals surface area contributed by atoms with E-state index in [-0.39, 0.29) is 11.5 Å². The van der Waals surface area contributed by atoms with Crippen molar-refractivity contribution in [3.8, 4) is 23.5 Å². The molecule has 0 amide bonds. The van der Waals surface area contributed by atoms with Crippen molar-refractivity contribution in [2.45, 2.75) is 75.9 Å². The number of likely N-dealkylation sites (tertiary alicyclic amines) is 1. The first-order valence-corrected chi connectivity index (χ1v) is 14.4. The molecular formula is C28H35N7O2S. The smallest absolute Gasteiger partial charge is 0.219 e. The molecule has 3 aromatic heterocycles. The minimum Gasteiger partial charge on any atom is -0.473 e. The van der Waals surface area contributed by atoms with E-state index in [2.05, 4.69) is 30.1 Å². The lowest BCUT2D eigenvalue weighted by atomic mass is 9.63. The first-order valence-electron chi connectivity index (χ1n) is 13.6. The first kappa shape index (κ1) is 25.1. The molecule has 1 fully saturated rings. The number of aromatic nitrogens is 3. The van der Waals surface area contributed by atoms with Crippen LogP contribution in [0.2, 0.25) is 0 Å². The maximum atomic E-state index is 9.98. The number of aryl methyl sites for hydroxylation is 1. The number of anilines is 2. The number of nitrogens with two attached hydrogens (primary N) is 1. The predicted octanol–water partition coefficient (Wildman–Crippen LogP) is 4.53. The average molecular weight is 534 g/mol. The van der Waals surface area contributed by atoms with Crippen LogP contribution in [0, 0.1) is 11.3 Å². The highest BCUT2D eigenvalue weighted by molar-refractivity contribution is 7.16. The summed E-state index contributed by atoms with van der Waals surface area (Å²) in [5, 5.41) is 15.2. The Morgan fingerprint density at radius 2 is 2.05 bits per heavy atom. The fourth-order valence-electron chi connectivity index (χ4n) is 6.82. The van der Waals surface area contributed by atoms with Crippen LogP contribution in [0.4, 0.5) is 10.8 Å². The quantitative estimate of drug-likeness (QED) is 0.504. The molecule has 4 heterocycles. The van der Waals surface area contributed by atoms with E-state index in [9.17, 15) is 5.26 Å². The summed E-state index contributed by atoms with van der Waals surface area (Å²) in [4.78, 5) is 15.2. The van der Waals surface area contributed by atoms with E-state index >= 15 is 0 Å². The van der Waals surface area contributed by atoms with Crippen LogP contribution in [0.5, 0.6) is 5.88 Å². The van der Waals surface area contributed by atoms with E-state index in [0.29, 0.717) is 34.0 Å². The maximum absolute atomic E-state index is 9.98. The van der Waals surface area contributed by atoms with Gasteiger partial charge in [-0.2, -0.15) is 10.2 Å². The van der Waals surface area contributed by atoms with Gasteiger partial charge in [-0.3, -0.25) is 4.90 Å². The average Bonchev–Trinajstić information content (AvgIpc) is 3.61. The maximum Gasteiger partial charge on any atom is 0.219 e. The predicted molar refractivity (Wildman–Crippen MR) is 148 cm³/mol. The fraction of sp³-hybridized carbons (Fsp3) is 0.571. The molecule has 9 nitrogen and oxygen atoms in total. The summed E-state index contributed by atoms with van der Waals surface area (Å²) in [5.74, 6) is 2.68. The number of likely N-dealkylation sites (N-methyl/N-ethyl adjacent to an activating group) is 1. The van der Waals surface area contributed by atoms with Crippen molar-refractivity contribution in [1.82, 2.24) is 20.0 Å². The third kappa shape index (κ3) is 3.95. The molecule has 2 aliphatic carbocycles. The van der Waals surface area contributed by atoms with Crippen LogP contribution >= 0.6 is 11.3 Å². The SMILES string of the molecule is C[C@H](Oc1cc(N(C)C)nc(-c2noc3c2CCC[C@@]32CCCc3sc(N)c(C#N)c32)n1)[C@@H]1CCCN1C. The summed E-state index contributed by atoms with van der Waals surface area (Å²) in [6.45, 7) is 3.21. The van der Waals surface area contributed by atoms with Gasteiger partial charge in [-0.1, -0.05) is 5.16 Å². The number of hydrogen-bond acceptors (Lipinski definition) is 10. The van der Waals surface area contributed by atoms with Crippen molar-refractivity contribution in [3.63, 3.8) is 0 Å². The number of ether oxygens (including phenoxy) is 1. The number of thiophene rings is 1. The standard InChI is InChI=1S/C28H35N7O2S/c1-16(19-9-7-13-35(19)4)36-22-14-21(34(2)3)31-27(32-22)24-17-8-5-11-28(25(17)37-33-24)12-6-10-20-23(28)18(15-29)26(30)38-20/h14,16,19H,5-13,30H2,1-4H3/t16-,19-,28-/m0/s1. The topological polar surface area (TPSA) is 117 Å². The highest BCUT2D eigenvalue weighted by atomic mass is 32.1. The Labute approximate surface area is 227 Å². The van der Waals surface area contributed by atoms with Gasteiger partial charge in [-0.05, 0) is 77.4 Å². The third-order valence-electron chi connectivity index (χ3n) is 8.64. The van der Waals surface area contributed by atoms with Crippen molar-refractivity contribution in [3.05, 3.63) is 33.4 Å². The van der Waals surface area contributed by atoms with Gasteiger partial charge in [0.15, 0.2) is 17.3 Å². The van der Waals surface area contributed by atoms with Crippen molar-refractivity contribution >= 4 is 22.2 Å². The molecule has 2 N–H and O–H groups in total. The number of nitrogen functional groups attached to an aromatic ring is 1. The number of hydrogen-bond donors (Lipinski definition) is 1. The van der Waals surface area contributed by atoms with Crippen molar-refractivity contribution in [2.75, 3.05) is 38.3 Å². The monoisotopic (exact) mass is 533 g/mol. The largest absolute Gasteiger partial charge is 0.473 e. The van der Waals surface area contributed by atoms with Crippen molar-refractivity contribution in [1.29, 1.82) is 5.26 Å². The van der Waals surface area contributed by atoms with Crippen LogP contribution in [0.25, 0.3) is 11.5 Å². The van der Waals surface area contributed by atoms with E-state index in [1.165, 1.54) is 11.3 Å². The molecule has 6 rings (SSSR count). The Hall–Kier alpha value is -3.16. The van der Waals surface area contributed by atoms with Gasteiger partial charge < -0.3 is 19.9 Å². The second kappa shape index (κ2) is 9.54. The molecule has 0 bridgehead atoms. The Kier molecular flexibility index (Phi) is 6.31. The van der Waals surface area contributed by atoms with Gasteiger partial charge in [-0.15, -0.1) is 11.3 Å². The van der Waals surface area contributed by atoms with Gasteiger partial charge >= 0.3 is 0 Å². The van der Waals surface area contributed by atoms with Crippen LogP contribution in [-0.2, 0) is 18.3 Å². The zero-order valence-electron chi connectivity index (χ0n) is 22.6. The van der Waals surface area contributed by atoms with Gasteiger partial charge in [0.1, 0.15) is 23.0 Å². The molecule has 1 saturated heterocycles. The summed E-state index contributed by atoms with van der Waals surface area (Å²) in [7, 11) is 6.08. The van der Waals surface area contributed by atoms with Crippen LogP contribution in [-0.4, -0.2) is 59.9 Å². The molecule has 0 radical (unpaired) electrons. The lowest BCUT2D eigenvalue weighted by Crippen LogP contribution is -2.38. The third-order valence-corrected chi connectivity index (χ3v) is 9.72. The van der Waals surface area contributed by atoms with Crippen LogP contribution in [0.1, 0.15) is 72.8 Å². The zero-order chi connectivity index (χ0) is 26.6. The second-order valence-corrected chi connectivity index (χ2v) is 12.3. The Morgan fingerprint density at radius 1 is 1.26 bits per heavy atom. The normalized spacial score (nSPS) is 23.6. The molecule has 38 heavy (non-hydrogen) atoms. The van der Waals surface area contributed by atoms with E-state index < -0.39 is 0 Å². The summed E-state index contributed by atoms with van der Waals surface area (Å²) in [6.07, 6.45) is 7.95. The van der Waals surface area contributed by atoms with Gasteiger partial charge in [0.05, 0.1) is 11.0 Å².